The van der Waals surface area contributed by atoms with Crippen molar-refractivity contribution in [2.45, 2.75) is 24.7 Å². The molecule has 0 bridgehead atoms. The molecule has 0 amide bonds. The Labute approximate surface area is 247 Å². The molecule has 0 radical (unpaired) electrons. The summed E-state index contributed by atoms with van der Waals surface area (Å²) < 4.78 is 6.71. The van der Waals surface area contributed by atoms with Gasteiger partial charge in [-0.05, 0) is 60.7 Å². The average Bonchev–Trinajstić information content (AvgIpc) is 2.98. The summed E-state index contributed by atoms with van der Waals surface area (Å²) in [5, 5.41) is 2.60. The van der Waals surface area contributed by atoms with E-state index >= 15 is 0 Å². The predicted octanol–water partition coefficient (Wildman–Crippen LogP) is 4.43. The van der Waals surface area contributed by atoms with E-state index in [-0.39, 0.29) is 11.7 Å². The number of nitrogens with zero attached hydrogens (tertiary/aromatic N) is 6. The van der Waals surface area contributed by atoms with Gasteiger partial charge < -0.3 is 9.64 Å². The van der Waals surface area contributed by atoms with Crippen molar-refractivity contribution in [2.75, 3.05) is 20.4 Å². The first-order valence-electron chi connectivity index (χ1n) is 12.9. The molecular weight excluding hydrogens is 556 g/mol. The number of ether oxygens (including phenoxy) is 1. The lowest BCUT2D eigenvalue weighted by Gasteiger charge is -2.25. The Morgan fingerprint density at radius 2 is 1.83 bits per heavy atom. The molecule has 1 aliphatic heterocycles. The van der Waals surface area contributed by atoms with Crippen molar-refractivity contribution in [1.29, 1.82) is 0 Å². The molecule has 10 heteroatoms. The van der Waals surface area contributed by atoms with Gasteiger partial charge in [0, 0.05) is 25.9 Å². The maximum atomic E-state index is 12.5. The molecule has 0 spiro atoms. The second-order valence-corrected chi connectivity index (χ2v) is 10.7. The number of halogens is 1. The van der Waals surface area contributed by atoms with Gasteiger partial charge in [0.15, 0.2) is 10.6 Å². The van der Waals surface area contributed by atoms with E-state index in [4.69, 9.17) is 21.3 Å². The third-order valence-electron chi connectivity index (χ3n) is 6.63. The van der Waals surface area contributed by atoms with Crippen LogP contribution >= 0.6 is 23.4 Å². The van der Waals surface area contributed by atoms with Crippen LogP contribution in [0.15, 0.2) is 94.2 Å². The van der Waals surface area contributed by atoms with Gasteiger partial charge in [-0.15, -0.1) is 0 Å². The van der Waals surface area contributed by atoms with E-state index in [1.807, 2.05) is 62.8 Å². The number of fused-ring (bicyclic) bond motifs is 2. The van der Waals surface area contributed by atoms with Gasteiger partial charge in [-0.1, -0.05) is 53.7 Å². The van der Waals surface area contributed by atoms with Crippen molar-refractivity contribution in [3.63, 3.8) is 0 Å². The molecule has 1 atom stereocenters. The fourth-order valence-electron chi connectivity index (χ4n) is 4.45. The second-order valence-electron chi connectivity index (χ2n) is 9.48. The molecule has 0 saturated carbocycles. The zero-order chi connectivity index (χ0) is 28.9. The Kier molecular flexibility index (Phi) is 8.66. The van der Waals surface area contributed by atoms with E-state index < -0.39 is 0 Å². The molecule has 3 aromatic carbocycles. The Bertz CT molecular complexity index is 1880. The monoisotopic (exact) mass is 584 g/mol. The molecule has 1 aliphatic rings. The molecule has 0 aliphatic carbocycles. The average molecular weight is 585 g/mol. The van der Waals surface area contributed by atoms with Crippen LogP contribution in [-0.2, 0) is 6.42 Å². The second kappa shape index (κ2) is 12.5. The molecule has 0 saturated heterocycles. The standard InChI is InChI=1S/C16H18N4OS.C15H11ClN2O/c1-20-10-12-9-17-16(22-3)19-15(12)18-14(20)8-11-4-6-13(21-2)7-5-11;1-10-4-2-5-11(8-10)18-9-17-13-7-3-6-12(16)14(13)15(18)19/h4-7,9-10,14H,8H2,1-3H3;2-9H,1H3. The number of hydrogen-bond donors (Lipinski definition) is 0. The van der Waals surface area contributed by atoms with Crippen LogP contribution in [0.1, 0.15) is 11.1 Å². The molecule has 1 unspecified atom stereocenters. The molecule has 0 fully saturated rings. The summed E-state index contributed by atoms with van der Waals surface area (Å²) in [6, 6.07) is 21.1. The minimum Gasteiger partial charge on any atom is -0.497 e. The van der Waals surface area contributed by atoms with Gasteiger partial charge in [-0.3, -0.25) is 9.36 Å². The van der Waals surface area contributed by atoms with E-state index in [1.54, 1.807) is 25.3 Å². The van der Waals surface area contributed by atoms with Crippen LogP contribution in [-0.4, -0.2) is 51.0 Å². The highest BCUT2D eigenvalue weighted by Gasteiger charge is 2.16. The van der Waals surface area contributed by atoms with Gasteiger partial charge in [0.2, 0.25) is 0 Å². The predicted molar refractivity (Wildman–Crippen MR) is 164 cm³/mol. The summed E-state index contributed by atoms with van der Waals surface area (Å²) in [6.45, 7) is 1.98. The fourth-order valence-corrected chi connectivity index (χ4v) is 5.03. The van der Waals surface area contributed by atoms with Crippen molar-refractivity contribution in [2.24, 2.45) is 4.99 Å². The van der Waals surface area contributed by atoms with Gasteiger partial charge in [0.25, 0.3) is 5.56 Å². The molecular formula is C31H29ClN6O2S. The number of methoxy groups -OCH3 is 1. The van der Waals surface area contributed by atoms with E-state index in [2.05, 4.69) is 38.2 Å². The zero-order valence-electron chi connectivity index (χ0n) is 23.2. The molecule has 2 aromatic heterocycles. The highest BCUT2D eigenvalue weighted by atomic mass is 35.5. The highest BCUT2D eigenvalue weighted by molar-refractivity contribution is 7.98. The van der Waals surface area contributed by atoms with E-state index in [0.717, 1.165) is 39.3 Å². The van der Waals surface area contributed by atoms with Gasteiger partial charge in [-0.25, -0.2) is 19.9 Å². The maximum absolute atomic E-state index is 12.5. The minimum atomic E-state index is -0.152. The Hall–Kier alpha value is -4.21. The summed E-state index contributed by atoms with van der Waals surface area (Å²) in [7, 11) is 3.71. The van der Waals surface area contributed by atoms with Crippen LogP contribution in [0.25, 0.3) is 22.8 Å². The summed E-state index contributed by atoms with van der Waals surface area (Å²) in [5.74, 6) is 0.868. The number of thioether (sulfide) groups is 1. The lowest BCUT2D eigenvalue weighted by molar-refractivity contribution is 0.350. The van der Waals surface area contributed by atoms with Crippen LogP contribution < -0.4 is 21.0 Å². The Balaban J connectivity index is 0.000000166. The molecule has 3 heterocycles. The first kappa shape index (κ1) is 28.3. The molecule has 6 rings (SSSR count). The SMILES string of the molecule is COc1ccc(CC2N=c3nc(SC)ncc3=CN2C)cc1.Cc1cccc(-n2cnc3cccc(Cl)c3c2=O)c1. The Morgan fingerprint density at radius 1 is 1.05 bits per heavy atom. The van der Waals surface area contributed by atoms with Crippen molar-refractivity contribution in [1.82, 2.24) is 24.4 Å². The van der Waals surface area contributed by atoms with Crippen molar-refractivity contribution in [3.8, 4) is 11.4 Å². The highest BCUT2D eigenvalue weighted by Crippen LogP contribution is 2.19. The minimum absolute atomic E-state index is 0.0468. The molecule has 5 aromatic rings. The maximum Gasteiger partial charge on any atom is 0.267 e. The molecule has 0 N–H and O–H groups in total. The lowest BCUT2D eigenvalue weighted by Crippen LogP contribution is -2.43. The first-order chi connectivity index (χ1) is 19.9. The number of aromatic nitrogens is 4. The van der Waals surface area contributed by atoms with E-state index in [9.17, 15) is 4.79 Å². The quantitative estimate of drug-likeness (QED) is 0.223. The van der Waals surface area contributed by atoms with Gasteiger partial charge in [-0.2, -0.15) is 0 Å². The van der Waals surface area contributed by atoms with E-state index in [1.165, 1.54) is 28.2 Å². The molecule has 208 valence electrons. The van der Waals surface area contributed by atoms with Crippen LogP contribution in [0, 0.1) is 6.92 Å². The number of benzene rings is 3. The normalized spacial score (nSPS) is 13.9. The third kappa shape index (κ3) is 6.42. The lowest BCUT2D eigenvalue weighted by atomic mass is 10.1. The largest absolute Gasteiger partial charge is 0.497 e. The van der Waals surface area contributed by atoms with Gasteiger partial charge in [0.05, 0.1) is 33.9 Å². The smallest absolute Gasteiger partial charge is 0.267 e. The summed E-state index contributed by atoms with van der Waals surface area (Å²) in [4.78, 5) is 32.5. The molecule has 8 nitrogen and oxygen atoms in total. The van der Waals surface area contributed by atoms with Crippen molar-refractivity contribution < 1.29 is 4.74 Å². The molecule has 41 heavy (non-hydrogen) atoms. The van der Waals surface area contributed by atoms with Crippen molar-refractivity contribution >= 4 is 40.5 Å². The van der Waals surface area contributed by atoms with Crippen LogP contribution in [0.3, 0.4) is 0 Å². The Morgan fingerprint density at radius 3 is 2.56 bits per heavy atom. The van der Waals surface area contributed by atoms with Gasteiger partial charge in [0.1, 0.15) is 18.2 Å². The topological polar surface area (TPSA) is 85.5 Å². The number of rotatable bonds is 5. The number of hydrogen-bond acceptors (Lipinski definition) is 8. The van der Waals surface area contributed by atoms with Gasteiger partial charge >= 0.3 is 0 Å². The van der Waals surface area contributed by atoms with Crippen LogP contribution in [0.2, 0.25) is 5.02 Å². The zero-order valence-corrected chi connectivity index (χ0v) is 24.7. The van der Waals surface area contributed by atoms with Crippen LogP contribution in [0.5, 0.6) is 5.75 Å². The third-order valence-corrected chi connectivity index (χ3v) is 7.51. The van der Waals surface area contributed by atoms with Crippen molar-refractivity contribution in [3.05, 3.63) is 116 Å². The summed E-state index contributed by atoms with van der Waals surface area (Å²) in [5.41, 5.74) is 4.33. The summed E-state index contributed by atoms with van der Waals surface area (Å²) >= 11 is 7.63. The fraction of sp³-hybridized carbons (Fsp3) is 0.194. The number of likely N-dealkylation sites (N-methyl/N-ethyl adjacent to an activating group) is 1. The first-order valence-corrected chi connectivity index (χ1v) is 14.5. The number of aryl methyl sites for hydroxylation is 1. The summed E-state index contributed by atoms with van der Waals surface area (Å²) in [6.07, 6.45) is 8.27. The van der Waals surface area contributed by atoms with Crippen LogP contribution in [0.4, 0.5) is 0 Å². The van der Waals surface area contributed by atoms with E-state index in [0.29, 0.717) is 15.9 Å².